The summed E-state index contributed by atoms with van der Waals surface area (Å²) in [6.07, 6.45) is -0.335. The molecule has 1 saturated heterocycles. The Bertz CT molecular complexity index is 986. The van der Waals surface area contributed by atoms with Crippen LogP contribution in [0.2, 0.25) is 5.02 Å². The zero-order valence-corrected chi connectivity index (χ0v) is 16.8. The van der Waals surface area contributed by atoms with Gasteiger partial charge in [-0.05, 0) is 48.6 Å². The molecule has 0 aliphatic carbocycles. The van der Waals surface area contributed by atoms with Crippen molar-refractivity contribution in [3.8, 4) is 0 Å². The van der Waals surface area contributed by atoms with E-state index in [0.29, 0.717) is 10.6 Å². The van der Waals surface area contributed by atoms with Crippen molar-refractivity contribution in [1.82, 2.24) is 15.3 Å². The molecule has 1 atom stereocenters. The van der Waals surface area contributed by atoms with E-state index in [1.807, 2.05) is 0 Å². The fraction of sp³-hybridized carbons (Fsp3) is 0.158. The van der Waals surface area contributed by atoms with Crippen molar-refractivity contribution in [1.29, 1.82) is 0 Å². The third-order valence-corrected chi connectivity index (χ3v) is 5.00. The molecule has 2 N–H and O–H groups in total. The molecule has 0 aromatic heterocycles. The normalized spacial score (nSPS) is 16.2. The van der Waals surface area contributed by atoms with Gasteiger partial charge in [-0.3, -0.25) is 24.7 Å². The van der Waals surface area contributed by atoms with E-state index in [1.165, 1.54) is 42.3 Å². The fourth-order valence-corrected chi connectivity index (χ4v) is 3.13. The molecular weight excluding hydrogens is 419 g/mol. The average Bonchev–Trinajstić information content (AvgIpc) is 2.88. The second-order valence-electron chi connectivity index (χ2n) is 6.25. The van der Waals surface area contributed by atoms with Crippen molar-refractivity contribution in [3.63, 3.8) is 0 Å². The number of amides is 3. The van der Waals surface area contributed by atoms with Crippen LogP contribution in [0, 0.1) is 5.82 Å². The Labute approximate surface area is 176 Å². The zero-order valence-electron chi connectivity index (χ0n) is 15.2. The number of para-hydroxylation sites is 1. The predicted octanol–water partition coefficient (Wildman–Crippen LogP) is 2.58. The maximum atomic E-state index is 13.7. The number of carbonyl (C=O) groups is 3. The highest BCUT2D eigenvalue weighted by Gasteiger charge is 2.42. The highest BCUT2D eigenvalue weighted by molar-refractivity contribution is 7.80. The van der Waals surface area contributed by atoms with Gasteiger partial charge in [-0.25, -0.2) is 9.40 Å². The summed E-state index contributed by atoms with van der Waals surface area (Å²) in [7, 11) is 1.45. The van der Waals surface area contributed by atoms with Crippen LogP contribution in [-0.2, 0) is 9.59 Å². The predicted molar refractivity (Wildman–Crippen MR) is 110 cm³/mol. The molecule has 1 aliphatic heterocycles. The largest absolute Gasteiger partial charge is 0.324 e. The topological polar surface area (TPSA) is 81.8 Å². The summed E-state index contributed by atoms with van der Waals surface area (Å²) in [4.78, 5) is 38.6. The van der Waals surface area contributed by atoms with Crippen molar-refractivity contribution in [3.05, 3.63) is 64.9 Å². The monoisotopic (exact) mass is 434 g/mol. The van der Waals surface area contributed by atoms with Crippen molar-refractivity contribution < 1.29 is 18.8 Å². The molecule has 0 radical (unpaired) electrons. The van der Waals surface area contributed by atoms with Crippen molar-refractivity contribution in [2.24, 2.45) is 0 Å². The van der Waals surface area contributed by atoms with Gasteiger partial charge in [0.15, 0.2) is 5.11 Å². The van der Waals surface area contributed by atoms with E-state index in [-0.39, 0.29) is 17.2 Å². The van der Waals surface area contributed by atoms with Crippen molar-refractivity contribution >= 4 is 52.3 Å². The molecule has 0 spiro atoms. The summed E-state index contributed by atoms with van der Waals surface area (Å²) in [5.74, 6) is -2.18. The highest BCUT2D eigenvalue weighted by atomic mass is 35.5. The lowest BCUT2D eigenvalue weighted by atomic mass is 10.2. The first-order chi connectivity index (χ1) is 13.8. The van der Waals surface area contributed by atoms with E-state index in [4.69, 9.17) is 23.8 Å². The van der Waals surface area contributed by atoms with Gasteiger partial charge in [-0.1, -0.05) is 23.7 Å². The molecule has 1 fully saturated rings. The lowest BCUT2D eigenvalue weighted by molar-refractivity contribution is -0.130. The third kappa shape index (κ3) is 4.52. The molecule has 29 heavy (non-hydrogen) atoms. The molecule has 0 bridgehead atoms. The summed E-state index contributed by atoms with van der Waals surface area (Å²) in [6.45, 7) is 0. The Morgan fingerprint density at radius 1 is 1.17 bits per heavy atom. The molecule has 0 saturated carbocycles. The van der Waals surface area contributed by atoms with E-state index in [2.05, 4.69) is 10.7 Å². The van der Waals surface area contributed by atoms with Crippen LogP contribution in [0.4, 0.5) is 10.1 Å². The van der Waals surface area contributed by atoms with E-state index in [0.717, 1.165) is 5.01 Å². The molecule has 7 nitrogen and oxygen atoms in total. The van der Waals surface area contributed by atoms with Gasteiger partial charge in [-0.2, -0.15) is 0 Å². The molecule has 1 aliphatic rings. The molecule has 10 heteroatoms. The maximum Gasteiger partial charge on any atom is 0.269 e. The van der Waals surface area contributed by atoms with Crippen molar-refractivity contribution in [2.45, 2.75) is 12.5 Å². The lowest BCUT2D eigenvalue weighted by Crippen LogP contribution is -2.49. The summed E-state index contributed by atoms with van der Waals surface area (Å²) < 4.78 is 13.7. The van der Waals surface area contributed by atoms with E-state index in [9.17, 15) is 18.8 Å². The number of hydrogen-bond donors (Lipinski definition) is 2. The standard InChI is InChI=1S/C19H16ClFN4O3S/c1-24-18(28)15(10-16(26)22-14-5-3-2-4-13(14)21)25(19(24)29)23-17(27)11-6-8-12(20)9-7-11/h2-9,15H,10H2,1H3,(H,22,26)(H,23,27)/t15-/m0/s1. The minimum Gasteiger partial charge on any atom is -0.324 e. The first-order valence-electron chi connectivity index (χ1n) is 8.49. The SMILES string of the molecule is CN1C(=O)[C@H](CC(=O)Nc2ccccc2F)N(NC(=O)c2ccc(Cl)cc2)C1=S. The molecule has 0 unspecified atom stereocenters. The van der Waals surface area contributed by atoms with Gasteiger partial charge in [0.25, 0.3) is 11.8 Å². The Kier molecular flexibility index (Phi) is 6.09. The van der Waals surface area contributed by atoms with Gasteiger partial charge < -0.3 is 5.32 Å². The average molecular weight is 435 g/mol. The molecule has 2 aromatic carbocycles. The first kappa shape index (κ1) is 20.7. The number of halogens is 2. The Morgan fingerprint density at radius 3 is 2.48 bits per heavy atom. The number of anilines is 1. The molecular formula is C19H16ClFN4O3S. The number of thiocarbonyl (C=S) groups is 1. The molecule has 3 rings (SSSR count). The van der Waals surface area contributed by atoms with Crippen LogP contribution in [0.15, 0.2) is 48.5 Å². The van der Waals surface area contributed by atoms with Crippen LogP contribution in [0.1, 0.15) is 16.8 Å². The second-order valence-corrected chi connectivity index (χ2v) is 7.05. The summed E-state index contributed by atoms with van der Waals surface area (Å²) in [6, 6.07) is 10.7. The molecule has 1 heterocycles. The number of rotatable bonds is 5. The van der Waals surface area contributed by atoms with Gasteiger partial charge in [0.2, 0.25) is 5.91 Å². The number of nitrogens with one attached hydrogen (secondary N) is 2. The van der Waals surface area contributed by atoms with Gasteiger partial charge >= 0.3 is 0 Å². The van der Waals surface area contributed by atoms with Crippen LogP contribution in [0.25, 0.3) is 0 Å². The number of benzene rings is 2. The van der Waals surface area contributed by atoms with E-state index < -0.39 is 29.6 Å². The summed E-state index contributed by atoms with van der Waals surface area (Å²) in [5, 5.41) is 4.09. The first-order valence-corrected chi connectivity index (χ1v) is 9.28. The Morgan fingerprint density at radius 2 is 1.83 bits per heavy atom. The number of carbonyl (C=O) groups excluding carboxylic acids is 3. The number of likely N-dealkylation sites (N-methyl/N-ethyl adjacent to an activating group) is 1. The van der Waals surface area contributed by atoms with E-state index >= 15 is 0 Å². The fourth-order valence-electron chi connectivity index (χ4n) is 2.74. The van der Waals surface area contributed by atoms with Gasteiger partial charge in [0.1, 0.15) is 11.9 Å². The molecule has 3 amide bonds. The number of hydrazine groups is 1. The van der Waals surface area contributed by atoms with Gasteiger partial charge in [-0.15, -0.1) is 0 Å². The minimum atomic E-state index is -1.06. The quantitative estimate of drug-likeness (QED) is 0.707. The van der Waals surface area contributed by atoms with Crippen LogP contribution < -0.4 is 10.7 Å². The molecule has 2 aromatic rings. The van der Waals surface area contributed by atoms with Crippen LogP contribution >= 0.6 is 23.8 Å². The highest BCUT2D eigenvalue weighted by Crippen LogP contribution is 2.20. The van der Waals surface area contributed by atoms with Crippen LogP contribution in [0.3, 0.4) is 0 Å². The van der Waals surface area contributed by atoms with E-state index in [1.54, 1.807) is 18.2 Å². The van der Waals surface area contributed by atoms with Gasteiger partial charge in [0, 0.05) is 17.6 Å². The lowest BCUT2D eigenvalue weighted by Gasteiger charge is -2.24. The van der Waals surface area contributed by atoms with Gasteiger partial charge in [0.05, 0.1) is 12.1 Å². The second kappa shape index (κ2) is 8.54. The smallest absolute Gasteiger partial charge is 0.269 e. The third-order valence-electron chi connectivity index (χ3n) is 4.28. The summed E-state index contributed by atoms with van der Waals surface area (Å²) >= 11 is 11.0. The summed E-state index contributed by atoms with van der Waals surface area (Å²) in [5.41, 5.74) is 2.85. The molecule has 150 valence electrons. The van der Waals surface area contributed by atoms with Crippen LogP contribution in [0.5, 0.6) is 0 Å². The number of hydrogen-bond acceptors (Lipinski definition) is 4. The Hall–Kier alpha value is -3.04. The maximum absolute atomic E-state index is 13.7. The van der Waals surface area contributed by atoms with Crippen LogP contribution in [-0.4, -0.2) is 45.8 Å². The minimum absolute atomic E-state index is 0.00405. The Balaban J connectivity index is 1.74. The number of nitrogens with zero attached hydrogens (tertiary/aromatic N) is 2. The zero-order chi connectivity index (χ0) is 21.1. The van der Waals surface area contributed by atoms with Crippen molar-refractivity contribution in [2.75, 3.05) is 12.4 Å².